The number of ether oxygens (including phenoxy) is 2. The molecule has 16 heavy (non-hydrogen) atoms. The summed E-state index contributed by atoms with van der Waals surface area (Å²) in [5, 5.41) is 9.53. The van der Waals surface area contributed by atoms with E-state index in [-0.39, 0.29) is 6.61 Å². The third kappa shape index (κ3) is 1.80. The van der Waals surface area contributed by atoms with E-state index in [2.05, 4.69) is 4.98 Å². The number of H-pyrrole nitrogens is 1. The van der Waals surface area contributed by atoms with Crippen LogP contribution in [0.4, 0.5) is 0 Å². The van der Waals surface area contributed by atoms with Gasteiger partial charge in [-0.2, -0.15) is 0 Å². The molecule has 2 heterocycles. The largest absolute Gasteiger partial charge is 0.388 e. The Balaban J connectivity index is 2.37. The number of aromatic amines is 1. The molecule has 1 aliphatic heterocycles. The predicted octanol–water partition coefficient (Wildman–Crippen LogP) is -1.56. The van der Waals surface area contributed by atoms with Crippen LogP contribution in [0.3, 0.4) is 0 Å². The summed E-state index contributed by atoms with van der Waals surface area (Å²) in [6, 6.07) is 1.21. The Hall–Kier alpha value is -1.44. The van der Waals surface area contributed by atoms with Crippen molar-refractivity contribution in [1.82, 2.24) is 9.55 Å². The van der Waals surface area contributed by atoms with E-state index in [0.29, 0.717) is 0 Å². The van der Waals surface area contributed by atoms with Gasteiger partial charge in [0, 0.05) is 19.4 Å². The molecule has 0 saturated carbocycles. The summed E-state index contributed by atoms with van der Waals surface area (Å²) < 4.78 is 11.5. The Labute approximate surface area is 90.2 Å². The molecule has 88 valence electrons. The van der Waals surface area contributed by atoms with Gasteiger partial charge in [-0.25, -0.2) is 4.79 Å². The summed E-state index contributed by atoms with van der Waals surface area (Å²) in [5.74, 6) is 0. The van der Waals surface area contributed by atoms with Gasteiger partial charge in [-0.1, -0.05) is 0 Å². The van der Waals surface area contributed by atoms with Crippen molar-refractivity contribution < 1.29 is 14.6 Å². The molecular formula is C9H12N2O5. The van der Waals surface area contributed by atoms with Crippen molar-refractivity contribution in [1.29, 1.82) is 0 Å². The topological polar surface area (TPSA) is 93.5 Å². The quantitative estimate of drug-likeness (QED) is 0.638. The monoisotopic (exact) mass is 228 g/mol. The number of nitrogens with zero attached hydrogens (tertiary/aromatic N) is 1. The Morgan fingerprint density at radius 3 is 3.00 bits per heavy atom. The Bertz CT molecular complexity index is 479. The van der Waals surface area contributed by atoms with Crippen molar-refractivity contribution in [3.8, 4) is 0 Å². The maximum Gasteiger partial charge on any atom is 0.330 e. The van der Waals surface area contributed by atoms with Crippen LogP contribution < -0.4 is 11.2 Å². The van der Waals surface area contributed by atoms with Gasteiger partial charge in [0.15, 0.2) is 6.23 Å². The van der Waals surface area contributed by atoms with Gasteiger partial charge in [0.25, 0.3) is 5.56 Å². The van der Waals surface area contributed by atoms with Gasteiger partial charge in [-0.05, 0) is 0 Å². The lowest BCUT2D eigenvalue weighted by molar-refractivity contribution is -0.0453. The zero-order valence-electron chi connectivity index (χ0n) is 8.62. The molecular weight excluding hydrogens is 216 g/mol. The number of hydrogen-bond acceptors (Lipinski definition) is 5. The molecule has 1 saturated heterocycles. The third-order valence-corrected chi connectivity index (χ3v) is 2.50. The van der Waals surface area contributed by atoms with Crippen LogP contribution >= 0.6 is 0 Å². The number of aliphatic hydroxyl groups excluding tert-OH is 1. The molecule has 1 aromatic heterocycles. The fourth-order valence-electron chi connectivity index (χ4n) is 1.72. The van der Waals surface area contributed by atoms with Crippen molar-refractivity contribution in [2.45, 2.75) is 18.4 Å². The second kappa shape index (κ2) is 4.20. The molecule has 0 aliphatic carbocycles. The van der Waals surface area contributed by atoms with Crippen molar-refractivity contribution in [2.24, 2.45) is 0 Å². The average molecular weight is 228 g/mol. The van der Waals surface area contributed by atoms with Crippen LogP contribution in [-0.2, 0) is 9.47 Å². The van der Waals surface area contributed by atoms with E-state index < -0.39 is 29.7 Å². The molecule has 0 aromatic carbocycles. The van der Waals surface area contributed by atoms with Crippen molar-refractivity contribution in [3.05, 3.63) is 33.1 Å². The van der Waals surface area contributed by atoms with Gasteiger partial charge < -0.3 is 14.6 Å². The third-order valence-electron chi connectivity index (χ3n) is 2.50. The highest BCUT2D eigenvalue weighted by Gasteiger charge is 2.38. The van der Waals surface area contributed by atoms with Crippen molar-refractivity contribution in [2.75, 3.05) is 13.7 Å². The molecule has 2 rings (SSSR count). The highest BCUT2D eigenvalue weighted by atomic mass is 16.6. The van der Waals surface area contributed by atoms with Gasteiger partial charge in [-0.15, -0.1) is 0 Å². The minimum absolute atomic E-state index is 0.0920. The number of rotatable bonds is 2. The van der Waals surface area contributed by atoms with Gasteiger partial charge in [0.2, 0.25) is 0 Å². The Morgan fingerprint density at radius 1 is 1.62 bits per heavy atom. The number of aliphatic hydroxyl groups is 1. The fourth-order valence-corrected chi connectivity index (χ4v) is 1.72. The van der Waals surface area contributed by atoms with Crippen molar-refractivity contribution >= 4 is 0 Å². The summed E-state index contributed by atoms with van der Waals surface area (Å²) in [5.41, 5.74) is -1.07. The first kappa shape index (κ1) is 11.1. The van der Waals surface area contributed by atoms with E-state index in [0.717, 1.165) is 0 Å². The van der Waals surface area contributed by atoms with E-state index in [1.165, 1.54) is 23.9 Å². The highest BCUT2D eigenvalue weighted by Crippen LogP contribution is 2.24. The summed E-state index contributed by atoms with van der Waals surface area (Å²) in [7, 11) is 1.42. The number of nitrogens with one attached hydrogen (secondary N) is 1. The second-order valence-corrected chi connectivity index (χ2v) is 3.51. The minimum atomic E-state index is -0.783. The van der Waals surface area contributed by atoms with Crippen LogP contribution in [0.1, 0.15) is 6.23 Å². The lowest BCUT2D eigenvalue weighted by Crippen LogP contribution is -2.38. The fraction of sp³-hybridized carbons (Fsp3) is 0.556. The van der Waals surface area contributed by atoms with Gasteiger partial charge >= 0.3 is 5.69 Å². The zero-order valence-corrected chi connectivity index (χ0v) is 8.62. The zero-order chi connectivity index (χ0) is 11.7. The molecule has 0 radical (unpaired) electrons. The van der Waals surface area contributed by atoms with Crippen LogP contribution in [0.15, 0.2) is 21.9 Å². The summed E-state index contributed by atoms with van der Waals surface area (Å²) in [6.45, 7) is 0.0920. The highest BCUT2D eigenvalue weighted by molar-refractivity contribution is 4.89. The van der Waals surface area contributed by atoms with E-state index >= 15 is 0 Å². The van der Waals surface area contributed by atoms with Gasteiger partial charge in [0.1, 0.15) is 12.2 Å². The normalized spacial score (nSPS) is 29.5. The van der Waals surface area contributed by atoms with E-state index in [9.17, 15) is 14.7 Å². The van der Waals surface area contributed by atoms with Crippen LogP contribution in [-0.4, -0.2) is 40.6 Å². The lowest BCUT2D eigenvalue weighted by atomic mass is 10.2. The van der Waals surface area contributed by atoms with Gasteiger partial charge in [0.05, 0.1) is 6.61 Å². The maximum atomic E-state index is 11.5. The summed E-state index contributed by atoms with van der Waals surface area (Å²) >= 11 is 0. The molecule has 7 heteroatoms. The number of methoxy groups -OCH3 is 1. The van der Waals surface area contributed by atoms with E-state index in [1.807, 2.05) is 0 Å². The standard InChI is InChI=1S/C9H12N2O5/c1-15-7-5(12)4-16-8(7)11-3-2-6(13)10-9(11)14/h2-3,5,7-8,12H,4H2,1H3,(H,10,13,14)/t5?,7-,8+/m0/s1. The first-order chi connectivity index (χ1) is 7.63. The SMILES string of the molecule is CO[C@H]1C(O)CO[C@H]1n1ccc(=O)[nH]c1=O. The number of hydrogen-bond donors (Lipinski definition) is 2. The number of aromatic nitrogens is 2. The molecule has 7 nitrogen and oxygen atoms in total. The molecule has 0 spiro atoms. The second-order valence-electron chi connectivity index (χ2n) is 3.51. The Kier molecular flexibility index (Phi) is 2.90. The smallest absolute Gasteiger partial charge is 0.330 e. The summed E-state index contributed by atoms with van der Waals surface area (Å²) in [4.78, 5) is 24.5. The maximum absolute atomic E-state index is 11.5. The van der Waals surface area contributed by atoms with E-state index in [1.54, 1.807) is 0 Å². The molecule has 1 unspecified atom stereocenters. The first-order valence-electron chi connectivity index (χ1n) is 4.77. The van der Waals surface area contributed by atoms with E-state index in [4.69, 9.17) is 9.47 Å². The predicted molar refractivity (Wildman–Crippen MR) is 53.1 cm³/mol. The molecule has 1 aromatic rings. The van der Waals surface area contributed by atoms with Crippen LogP contribution in [0, 0.1) is 0 Å². The van der Waals surface area contributed by atoms with Crippen LogP contribution in [0.5, 0.6) is 0 Å². The van der Waals surface area contributed by atoms with Crippen molar-refractivity contribution in [3.63, 3.8) is 0 Å². The molecule has 3 atom stereocenters. The van der Waals surface area contributed by atoms with Crippen LogP contribution in [0.25, 0.3) is 0 Å². The Morgan fingerprint density at radius 2 is 2.38 bits per heavy atom. The lowest BCUT2D eigenvalue weighted by Gasteiger charge is -2.20. The van der Waals surface area contributed by atoms with Gasteiger partial charge in [-0.3, -0.25) is 14.3 Å². The first-order valence-corrected chi connectivity index (χ1v) is 4.77. The molecule has 0 amide bonds. The minimum Gasteiger partial charge on any atom is -0.388 e. The van der Waals surface area contributed by atoms with Crippen LogP contribution in [0.2, 0.25) is 0 Å². The molecule has 1 fully saturated rings. The molecule has 0 bridgehead atoms. The molecule has 1 aliphatic rings. The molecule has 2 N–H and O–H groups in total. The average Bonchev–Trinajstić information content (AvgIpc) is 2.59. The summed E-state index contributed by atoms with van der Waals surface area (Å²) in [6.07, 6.45) is -0.808.